The Balaban J connectivity index is 2.57. The van der Waals surface area contributed by atoms with E-state index in [-0.39, 0.29) is 5.56 Å². The molecule has 0 aliphatic rings. The molecule has 0 saturated carbocycles. The van der Waals surface area contributed by atoms with Gasteiger partial charge in [0.15, 0.2) is 6.61 Å². The molecule has 20 heavy (non-hydrogen) atoms. The number of ether oxygens (including phenoxy) is 2. The van der Waals surface area contributed by atoms with Gasteiger partial charge in [-0.1, -0.05) is 18.2 Å². The van der Waals surface area contributed by atoms with E-state index < -0.39 is 24.4 Å². The summed E-state index contributed by atoms with van der Waals surface area (Å²) in [4.78, 5) is 34.3. The second-order valence-corrected chi connectivity index (χ2v) is 3.69. The van der Waals surface area contributed by atoms with Gasteiger partial charge in [-0.3, -0.25) is 14.9 Å². The van der Waals surface area contributed by atoms with Crippen molar-refractivity contribution in [1.29, 1.82) is 0 Å². The van der Waals surface area contributed by atoms with Crippen LogP contribution in [0.4, 0.5) is 0 Å². The summed E-state index contributed by atoms with van der Waals surface area (Å²) in [5.41, 5.74) is 0.225. The Bertz CT molecular complexity index is 536. The number of hydrogen-bond acceptors (Lipinski definition) is 5. The van der Waals surface area contributed by atoms with E-state index in [0.29, 0.717) is 5.75 Å². The van der Waals surface area contributed by atoms with Gasteiger partial charge < -0.3 is 9.47 Å². The zero-order valence-electron chi connectivity index (χ0n) is 11.2. The highest BCUT2D eigenvalue weighted by Gasteiger charge is 2.15. The summed E-state index contributed by atoms with van der Waals surface area (Å²) in [6.07, 6.45) is 2.66. The molecular formula is C14H15NO5. The van der Waals surface area contributed by atoms with Crippen LogP contribution >= 0.6 is 0 Å². The minimum atomic E-state index is -0.709. The third-order valence-electron chi connectivity index (χ3n) is 2.25. The predicted octanol–water partition coefficient (Wildman–Crippen LogP) is 1.07. The quantitative estimate of drug-likeness (QED) is 0.643. The van der Waals surface area contributed by atoms with Crippen molar-refractivity contribution in [2.24, 2.45) is 0 Å². The first-order valence-electron chi connectivity index (χ1n) is 5.85. The molecule has 0 fully saturated rings. The SMILES string of the molecule is C/C=C/C(=O)OCC(=O)NC(=O)c1ccccc1OC. The molecule has 0 spiro atoms. The summed E-state index contributed by atoms with van der Waals surface area (Å²) in [7, 11) is 1.42. The maximum Gasteiger partial charge on any atom is 0.330 e. The smallest absolute Gasteiger partial charge is 0.330 e. The van der Waals surface area contributed by atoms with Crippen LogP contribution in [0, 0.1) is 0 Å². The molecule has 0 aliphatic carbocycles. The number of nitrogens with one attached hydrogen (secondary N) is 1. The molecule has 106 valence electrons. The fourth-order valence-electron chi connectivity index (χ4n) is 1.38. The summed E-state index contributed by atoms with van der Waals surface area (Å²) >= 11 is 0. The number of allylic oxidation sites excluding steroid dienone is 1. The van der Waals surface area contributed by atoms with Gasteiger partial charge in [0.25, 0.3) is 11.8 Å². The van der Waals surface area contributed by atoms with Crippen LogP contribution in [0.3, 0.4) is 0 Å². The average molecular weight is 277 g/mol. The van der Waals surface area contributed by atoms with Gasteiger partial charge in [0.2, 0.25) is 0 Å². The number of benzene rings is 1. The highest BCUT2D eigenvalue weighted by atomic mass is 16.5. The molecule has 2 amide bonds. The summed E-state index contributed by atoms with van der Waals surface area (Å²) < 4.78 is 9.63. The molecule has 0 bridgehead atoms. The molecule has 0 unspecified atom stereocenters. The molecule has 0 saturated heterocycles. The number of rotatable bonds is 5. The fraction of sp³-hybridized carbons (Fsp3) is 0.214. The highest BCUT2D eigenvalue weighted by Crippen LogP contribution is 2.16. The molecule has 0 heterocycles. The number of amides is 2. The lowest BCUT2D eigenvalue weighted by Crippen LogP contribution is -2.34. The molecule has 1 aromatic carbocycles. The summed E-state index contributed by atoms with van der Waals surface area (Å²) in [5.74, 6) is -1.62. The third kappa shape index (κ3) is 4.56. The zero-order chi connectivity index (χ0) is 15.0. The van der Waals surface area contributed by atoms with Crippen LogP contribution in [0.1, 0.15) is 17.3 Å². The van der Waals surface area contributed by atoms with Gasteiger partial charge in [-0.15, -0.1) is 0 Å². The normalized spacial score (nSPS) is 10.1. The molecule has 0 aromatic heterocycles. The molecule has 1 N–H and O–H groups in total. The Hall–Kier alpha value is -2.63. The van der Waals surface area contributed by atoms with E-state index >= 15 is 0 Å². The first-order valence-corrected chi connectivity index (χ1v) is 5.85. The lowest BCUT2D eigenvalue weighted by atomic mass is 10.2. The van der Waals surface area contributed by atoms with Crippen LogP contribution in [-0.2, 0) is 14.3 Å². The van der Waals surface area contributed by atoms with E-state index in [1.807, 2.05) is 0 Å². The van der Waals surface area contributed by atoms with E-state index in [2.05, 4.69) is 10.1 Å². The van der Waals surface area contributed by atoms with Crippen molar-refractivity contribution in [2.75, 3.05) is 13.7 Å². The van der Waals surface area contributed by atoms with Crippen LogP contribution < -0.4 is 10.1 Å². The van der Waals surface area contributed by atoms with E-state index in [1.165, 1.54) is 25.3 Å². The van der Waals surface area contributed by atoms with Crippen LogP contribution in [0.25, 0.3) is 0 Å². The molecule has 1 rings (SSSR count). The van der Waals surface area contributed by atoms with Crippen LogP contribution in [0.2, 0.25) is 0 Å². The lowest BCUT2D eigenvalue weighted by molar-refractivity contribution is -0.143. The van der Waals surface area contributed by atoms with Gasteiger partial charge in [0, 0.05) is 6.08 Å². The second-order valence-electron chi connectivity index (χ2n) is 3.69. The van der Waals surface area contributed by atoms with Crippen molar-refractivity contribution >= 4 is 17.8 Å². The zero-order valence-corrected chi connectivity index (χ0v) is 11.2. The molecule has 6 heteroatoms. The Morgan fingerprint density at radius 1 is 1.25 bits per heavy atom. The maximum atomic E-state index is 11.8. The molecule has 0 atom stereocenters. The number of carbonyl (C=O) groups excluding carboxylic acids is 3. The van der Waals surface area contributed by atoms with Crippen LogP contribution in [-0.4, -0.2) is 31.5 Å². The molecular weight excluding hydrogens is 262 g/mol. The Kier molecular flexibility index (Phi) is 5.96. The summed E-state index contributed by atoms with van der Waals surface area (Å²) in [5, 5.41) is 2.11. The van der Waals surface area contributed by atoms with Gasteiger partial charge >= 0.3 is 5.97 Å². The highest BCUT2D eigenvalue weighted by molar-refractivity contribution is 6.06. The van der Waals surface area contributed by atoms with E-state index in [9.17, 15) is 14.4 Å². The van der Waals surface area contributed by atoms with Crippen LogP contribution in [0.5, 0.6) is 5.75 Å². The monoisotopic (exact) mass is 277 g/mol. The number of carbonyl (C=O) groups is 3. The van der Waals surface area contributed by atoms with E-state index in [4.69, 9.17) is 4.74 Å². The Morgan fingerprint density at radius 3 is 2.60 bits per heavy atom. The number of hydrogen-bond donors (Lipinski definition) is 1. The summed E-state index contributed by atoms with van der Waals surface area (Å²) in [6.45, 7) is 1.12. The van der Waals surface area contributed by atoms with Gasteiger partial charge in [0.05, 0.1) is 12.7 Å². The standard InChI is InChI=1S/C14H15NO5/c1-3-6-13(17)20-9-12(16)15-14(18)10-7-4-5-8-11(10)19-2/h3-8H,9H2,1-2H3,(H,15,16,18)/b6-3+. The van der Waals surface area contributed by atoms with Gasteiger partial charge in [-0.05, 0) is 19.1 Å². The van der Waals surface area contributed by atoms with Crippen molar-refractivity contribution in [1.82, 2.24) is 5.32 Å². The van der Waals surface area contributed by atoms with Crippen molar-refractivity contribution in [2.45, 2.75) is 6.92 Å². The lowest BCUT2D eigenvalue weighted by Gasteiger charge is -2.08. The Morgan fingerprint density at radius 2 is 1.95 bits per heavy atom. The molecule has 6 nitrogen and oxygen atoms in total. The van der Waals surface area contributed by atoms with E-state index in [0.717, 1.165) is 0 Å². The van der Waals surface area contributed by atoms with Crippen molar-refractivity contribution in [3.63, 3.8) is 0 Å². The van der Waals surface area contributed by atoms with Crippen molar-refractivity contribution in [3.05, 3.63) is 42.0 Å². The predicted molar refractivity (Wildman–Crippen MR) is 71.2 cm³/mol. The number of para-hydroxylation sites is 1. The Labute approximate surface area is 116 Å². The first-order chi connectivity index (χ1) is 9.58. The van der Waals surface area contributed by atoms with Gasteiger partial charge in [0.1, 0.15) is 5.75 Å². The third-order valence-corrected chi connectivity index (χ3v) is 2.25. The topological polar surface area (TPSA) is 81.7 Å². The number of methoxy groups -OCH3 is 1. The number of imide groups is 1. The van der Waals surface area contributed by atoms with E-state index in [1.54, 1.807) is 25.1 Å². The largest absolute Gasteiger partial charge is 0.496 e. The summed E-state index contributed by atoms with van der Waals surface area (Å²) in [6, 6.07) is 6.48. The average Bonchev–Trinajstić information content (AvgIpc) is 2.45. The van der Waals surface area contributed by atoms with Gasteiger partial charge in [-0.2, -0.15) is 0 Å². The maximum absolute atomic E-state index is 11.8. The fourth-order valence-corrected chi connectivity index (χ4v) is 1.38. The van der Waals surface area contributed by atoms with Gasteiger partial charge in [-0.25, -0.2) is 4.79 Å². The molecule has 0 aliphatic heterocycles. The van der Waals surface area contributed by atoms with Crippen molar-refractivity contribution in [3.8, 4) is 5.75 Å². The molecule has 1 aromatic rings. The molecule has 0 radical (unpaired) electrons. The minimum Gasteiger partial charge on any atom is -0.496 e. The van der Waals surface area contributed by atoms with Crippen molar-refractivity contribution < 1.29 is 23.9 Å². The minimum absolute atomic E-state index is 0.225. The first kappa shape index (κ1) is 15.4. The number of esters is 1. The second kappa shape index (κ2) is 7.73. The van der Waals surface area contributed by atoms with Crippen LogP contribution in [0.15, 0.2) is 36.4 Å².